The SMILES string of the molecule is NC(=[NH2+])SCC1SC(N)=[NH+]C1=O. The van der Waals surface area contributed by atoms with Crippen molar-refractivity contribution in [2.75, 3.05) is 5.75 Å². The maximum Gasteiger partial charge on any atom is 0.322 e. The lowest BCUT2D eigenvalue weighted by Crippen LogP contribution is -2.76. The number of amidine groups is 2. The van der Waals surface area contributed by atoms with Crippen LogP contribution in [0.3, 0.4) is 0 Å². The Labute approximate surface area is 77.9 Å². The van der Waals surface area contributed by atoms with E-state index in [0.717, 1.165) is 0 Å². The van der Waals surface area contributed by atoms with Gasteiger partial charge in [-0.2, -0.15) is 0 Å². The fraction of sp³-hybridized carbons (Fsp3) is 0.400. The van der Waals surface area contributed by atoms with E-state index in [1.54, 1.807) is 0 Å². The molecule has 12 heavy (non-hydrogen) atoms. The lowest BCUT2D eigenvalue weighted by molar-refractivity contribution is -0.371. The summed E-state index contributed by atoms with van der Waals surface area (Å²) in [5.41, 5.74) is 10.6. The molecule has 1 unspecified atom stereocenters. The summed E-state index contributed by atoms with van der Waals surface area (Å²) in [5, 5.41) is 5.78. The first-order chi connectivity index (χ1) is 5.59. The highest BCUT2D eigenvalue weighted by Gasteiger charge is 2.31. The Bertz CT molecular complexity index is 252. The van der Waals surface area contributed by atoms with Crippen LogP contribution in [0.1, 0.15) is 0 Å². The third-order valence-electron chi connectivity index (χ3n) is 1.21. The van der Waals surface area contributed by atoms with Crippen LogP contribution in [0.2, 0.25) is 0 Å². The van der Waals surface area contributed by atoms with Crippen molar-refractivity contribution in [3.05, 3.63) is 0 Å². The predicted molar refractivity (Wildman–Crippen MR) is 50.1 cm³/mol. The van der Waals surface area contributed by atoms with Crippen molar-refractivity contribution in [1.29, 1.82) is 0 Å². The van der Waals surface area contributed by atoms with Crippen molar-refractivity contribution in [1.82, 2.24) is 0 Å². The number of carbonyl (C=O) groups excluding carboxylic acids is 1. The standard InChI is InChI=1S/C5H8N4OS2/c6-4(7)11-1-2-3(10)9-5(8)12-2/h2H,1H2,(H3,6,7)(H2,8,9,10)/p+2. The molecule has 0 radical (unpaired) electrons. The number of hydrogen-bond acceptors (Lipinski definition) is 4. The minimum Gasteiger partial charge on any atom is -0.282 e. The summed E-state index contributed by atoms with van der Waals surface area (Å²) < 4.78 is 0. The molecule has 5 nitrogen and oxygen atoms in total. The number of thioether (sulfide) groups is 2. The maximum absolute atomic E-state index is 11.1. The molecule has 1 rings (SSSR count). The van der Waals surface area contributed by atoms with Crippen molar-refractivity contribution in [2.45, 2.75) is 5.25 Å². The number of nitrogens with one attached hydrogen (secondary N) is 1. The van der Waals surface area contributed by atoms with E-state index in [0.29, 0.717) is 10.9 Å². The zero-order chi connectivity index (χ0) is 9.14. The molecule has 0 aromatic rings. The molecule has 0 saturated heterocycles. The summed E-state index contributed by atoms with van der Waals surface area (Å²) in [5.74, 6) is 0.478. The summed E-state index contributed by atoms with van der Waals surface area (Å²) in [7, 11) is 0. The lowest BCUT2D eigenvalue weighted by Gasteiger charge is -1.98. The third kappa shape index (κ3) is 2.42. The Kier molecular flexibility index (Phi) is 2.99. The fourth-order valence-electron chi connectivity index (χ4n) is 0.720. The molecule has 0 bridgehead atoms. The van der Waals surface area contributed by atoms with E-state index >= 15 is 0 Å². The second kappa shape index (κ2) is 3.81. The average molecular weight is 206 g/mol. The minimum atomic E-state index is -0.169. The Morgan fingerprint density at radius 2 is 2.50 bits per heavy atom. The first-order valence-corrected chi connectivity index (χ1v) is 5.06. The van der Waals surface area contributed by atoms with Gasteiger partial charge in [0, 0.05) is 5.75 Å². The molecule has 0 fully saturated rings. The maximum atomic E-state index is 11.1. The summed E-state index contributed by atoms with van der Waals surface area (Å²) in [6.07, 6.45) is 0. The smallest absolute Gasteiger partial charge is 0.282 e. The fourth-order valence-corrected chi connectivity index (χ4v) is 2.32. The molecular formula is C5H10N4OS2+2. The van der Waals surface area contributed by atoms with Crippen LogP contribution in [0, 0.1) is 0 Å². The molecule has 0 aromatic heterocycles. The average Bonchev–Trinajstić information content (AvgIpc) is 2.26. The molecule has 1 heterocycles. The summed E-state index contributed by atoms with van der Waals surface area (Å²) in [6, 6.07) is 0. The normalized spacial score (nSPS) is 22.5. The van der Waals surface area contributed by atoms with E-state index in [4.69, 9.17) is 16.9 Å². The van der Waals surface area contributed by atoms with E-state index in [1.165, 1.54) is 23.5 Å². The molecule has 1 atom stereocenters. The minimum absolute atomic E-state index is 0.0775. The highest BCUT2D eigenvalue weighted by atomic mass is 32.2. The quantitative estimate of drug-likeness (QED) is 0.271. The second-order valence-electron chi connectivity index (χ2n) is 2.17. The van der Waals surface area contributed by atoms with Gasteiger partial charge in [-0.3, -0.25) is 16.9 Å². The van der Waals surface area contributed by atoms with Gasteiger partial charge < -0.3 is 0 Å². The summed E-state index contributed by atoms with van der Waals surface area (Å²) in [6.45, 7) is 0. The predicted octanol–water partition coefficient (Wildman–Crippen LogP) is -4.17. The monoisotopic (exact) mass is 206 g/mol. The molecule has 1 aliphatic heterocycles. The lowest BCUT2D eigenvalue weighted by atomic mass is 10.5. The summed E-state index contributed by atoms with van der Waals surface area (Å²) in [4.78, 5) is 13.6. The van der Waals surface area contributed by atoms with Gasteiger partial charge in [0.05, 0.1) is 0 Å². The zero-order valence-corrected chi connectivity index (χ0v) is 7.87. The Morgan fingerprint density at radius 3 is 2.92 bits per heavy atom. The first kappa shape index (κ1) is 9.40. The number of rotatable bonds is 2. The Morgan fingerprint density at radius 1 is 1.83 bits per heavy atom. The van der Waals surface area contributed by atoms with Gasteiger partial charge in [0.1, 0.15) is 5.25 Å². The molecular weight excluding hydrogens is 196 g/mol. The highest BCUT2D eigenvalue weighted by Crippen LogP contribution is 2.15. The number of nitrogens with two attached hydrogens (primary N) is 3. The highest BCUT2D eigenvalue weighted by molar-refractivity contribution is 8.17. The van der Waals surface area contributed by atoms with Crippen LogP contribution in [0.25, 0.3) is 0 Å². The van der Waals surface area contributed by atoms with Crippen molar-refractivity contribution in [2.24, 2.45) is 11.5 Å². The van der Waals surface area contributed by atoms with Gasteiger partial charge in [0.15, 0.2) is 0 Å². The number of amides is 1. The van der Waals surface area contributed by atoms with Crippen LogP contribution in [0.15, 0.2) is 0 Å². The number of carbonyl (C=O) groups is 1. The molecule has 0 spiro atoms. The molecule has 7 N–H and O–H groups in total. The second-order valence-corrected chi connectivity index (χ2v) is 4.51. The van der Waals surface area contributed by atoms with Crippen molar-refractivity contribution in [3.8, 4) is 0 Å². The van der Waals surface area contributed by atoms with Crippen LogP contribution in [-0.4, -0.2) is 27.2 Å². The van der Waals surface area contributed by atoms with Crippen LogP contribution in [-0.2, 0) is 4.79 Å². The van der Waals surface area contributed by atoms with Gasteiger partial charge in [-0.25, -0.2) is 9.79 Å². The number of hydrogen-bond donors (Lipinski definition) is 4. The molecule has 0 aromatic carbocycles. The summed E-state index contributed by atoms with van der Waals surface area (Å²) >= 11 is 2.56. The van der Waals surface area contributed by atoms with Crippen LogP contribution >= 0.6 is 23.5 Å². The van der Waals surface area contributed by atoms with Gasteiger partial charge in [0.2, 0.25) is 0 Å². The van der Waals surface area contributed by atoms with Crippen LogP contribution in [0.5, 0.6) is 0 Å². The molecule has 66 valence electrons. The van der Waals surface area contributed by atoms with E-state index in [-0.39, 0.29) is 16.3 Å². The van der Waals surface area contributed by atoms with Gasteiger partial charge in [-0.15, -0.1) is 0 Å². The van der Waals surface area contributed by atoms with E-state index in [2.05, 4.69) is 4.99 Å². The third-order valence-corrected chi connectivity index (χ3v) is 3.28. The molecule has 7 heteroatoms. The topological polar surface area (TPSA) is 109 Å². The van der Waals surface area contributed by atoms with Crippen molar-refractivity contribution >= 4 is 39.8 Å². The Balaban J connectivity index is 2.37. The largest absolute Gasteiger partial charge is 0.322 e. The van der Waals surface area contributed by atoms with Gasteiger partial charge in [0.25, 0.3) is 5.17 Å². The molecule has 1 amide bonds. The van der Waals surface area contributed by atoms with Gasteiger partial charge in [-0.1, -0.05) is 0 Å². The van der Waals surface area contributed by atoms with Gasteiger partial charge in [-0.05, 0) is 23.5 Å². The Hall–Kier alpha value is -0.690. The van der Waals surface area contributed by atoms with Gasteiger partial charge >= 0.3 is 11.1 Å². The molecule has 1 aliphatic rings. The van der Waals surface area contributed by atoms with E-state index < -0.39 is 0 Å². The molecule has 0 aliphatic carbocycles. The zero-order valence-electron chi connectivity index (χ0n) is 6.24. The van der Waals surface area contributed by atoms with Crippen LogP contribution in [0.4, 0.5) is 0 Å². The van der Waals surface area contributed by atoms with Crippen molar-refractivity contribution in [3.63, 3.8) is 0 Å². The van der Waals surface area contributed by atoms with Crippen LogP contribution < -0.4 is 21.9 Å². The molecule has 0 saturated carbocycles. The van der Waals surface area contributed by atoms with Crippen molar-refractivity contribution < 1.29 is 15.2 Å². The van der Waals surface area contributed by atoms with E-state index in [1.807, 2.05) is 0 Å². The first-order valence-electron chi connectivity index (χ1n) is 3.20. The van der Waals surface area contributed by atoms with E-state index in [9.17, 15) is 4.79 Å².